The highest BCUT2D eigenvalue weighted by atomic mass is 32.2. The largest absolute Gasteiger partial charge is 0.280 e. The van der Waals surface area contributed by atoms with Crippen molar-refractivity contribution in [1.29, 1.82) is 0 Å². The zero-order chi connectivity index (χ0) is 10.1. The molecule has 0 unspecified atom stereocenters. The number of nitrogens with one attached hydrogen (secondary N) is 1. The molecule has 5 nitrogen and oxygen atoms in total. The maximum Gasteiger partial charge on any atom is 0.229 e. The SMILES string of the molecule is CCn1cc(NS(C)(=O)=O)c(C)n1. The second-order valence-electron chi connectivity index (χ2n) is 2.86. The number of nitrogens with zero attached hydrogens (tertiary/aromatic N) is 2. The van der Waals surface area contributed by atoms with E-state index in [1.54, 1.807) is 17.8 Å². The number of rotatable bonds is 3. The summed E-state index contributed by atoms with van der Waals surface area (Å²) >= 11 is 0. The van der Waals surface area contributed by atoms with E-state index < -0.39 is 10.0 Å². The molecule has 0 radical (unpaired) electrons. The van der Waals surface area contributed by atoms with Gasteiger partial charge in [-0.25, -0.2) is 8.42 Å². The maximum absolute atomic E-state index is 10.9. The minimum atomic E-state index is -3.20. The zero-order valence-corrected chi connectivity index (χ0v) is 8.72. The third-order valence-electron chi connectivity index (χ3n) is 1.57. The van der Waals surface area contributed by atoms with Crippen LogP contribution in [0.5, 0.6) is 0 Å². The van der Waals surface area contributed by atoms with Gasteiger partial charge in [0.25, 0.3) is 0 Å². The van der Waals surface area contributed by atoms with Gasteiger partial charge in [0.15, 0.2) is 0 Å². The Balaban J connectivity index is 2.95. The minimum Gasteiger partial charge on any atom is -0.280 e. The van der Waals surface area contributed by atoms with Crippen LogP contribution in [-0.4, -0.2) is 24.5 Å². The lowest BCUT2D eigenvalue weighted by Gasteiger charge is -1.99. The van der Waals surface area contributed by atoms with Gasteiger partial charge in [-0.15, -0.1) is 0 Å². The van der Waals surface area contributed by atoms with Crippen LogP contribution < -0.4 is 4.72 Å². The van der Waals surface area contributed by atoms with Gasteiger partial charge in [0.2, 0.25) is 10.0 Å². The van der Waals surface area contributed by atoms with E-state index in [2.05, 4.69) is 9.82 Å². The summed E-state index contributed by atoms with van der Waals surface area (Å²) in [5, 5.41) is 4.10. The van der Waals surface area contributed by atoms with Gasteiger partial charge in [-0.05, 0) is 13.8 Å². The average molecular weight is 203 g/mol. The number of anilines is 1. The Kier molecular flexibility index (Phi) is 2.60. The van der Waals surface area contributed by atoms with E-state index in [-0.39, 0.29) is 0 Å². The van der Waals surface area contributed by atoms with Crippen LogP contribution in [0.25, 0.3) is 0 Å². The van der Waals surface area contributed by atoms with Gasteiger partial charge in [0.1, 0.15) is 0 Å². The molecule has 6 heteroatoms. The molecule has 0 saturated carbocycles. The van der Waals surface area contributed by atoms with E-state index in [1.165, 1.54) is 0 Å². The first-order chi connectivity index (χ1) is 5.92. The fourth-order valence-corrected chi connectivity index (χ4v) is 1.58. The Morgan fingerprint density at radius 3 is 2.62 bits per heavy atom. The molecule has 1 aromatic heterocycles. The van der Waals surface area contributed by atoms with Crippen LogP contribution >= 0.6 is 0 Å². The smallest absolute Gasteiger partial charge is 0.229 e. The lowest BCUT2D eigenvalue weighted by atomic mass is 10.4. The normalized spacial score (nSPS) is 11.6. The molecule has 0 saturated heterocycles. The molecule has 0 aliphatic carbocycles. The fourth-order valence-electron chi connectivity index (χ4n) is 0.980. The minimum absolute atomic E-state index is 0.546. The summed E-state index contributed by atoms with van der Waals surface area (Å²) in [6.07, 6.45) is 2.80. The van der Waals surface area contributed by atoms with Crippen molar-refractivity contribution in [1.82, 2.24) is 9.78 Å². The Labute approximate surface area is 77.8 Å². The molecule has 74 valence electrons. The quantitative estimate of drug-likeness (QED) is 0.781. The van der Waals surface area contributed by atoms with Gasteiger partial charge in [-0.2, -0.15) is 5.10 Å². The van der Waals surface area contributed by atoms with Gasteiger partial charge in [-0.1, -0.05) is 0 Å². The van der Waals surface area contributed by atoms with E-state index in [9.17, 15) is 8.42 Å². The monoisotopic (exact) mass is 203 g/mol. The van der Waals surface area contributed by atoms with Gasteiger partial charge in [0.05, 0.1) is 17.6 Å². The molecular weight excluding hydrogens is 190 g/mol. The van der Waals surface area contributed by atoms with Crippen LogP contribution in [0.3, 0.4) is 0 Å². The van der Waals surface area contributed by atoms with Gasteiger partial charge >= 0.3 is 0 Å². The van der Waals surface area contributed by atoms with Crippen LogP contribution in [0.2, 0.25) is 0 Å². The zero-order valence-electron chi connectivity index (χ0n) is 7.90. The number of aryl methyl sites for hydroxylation is 2. The summed E-state index contributed by atoms with van der Waals surface area (Å²) < 4.78 is 25.9. The molecule has 0 aromatic carbocycles. The first-order valence-corrected chi connectivity index (χ1v) is 5.83. The molecule has 0 amide bonds. The van der Waals surface area contributed by atoms with Crippen molar-refractivity contribution < 1.29 is 8.42 Å². The molecule has 0 aliphatic heterocycles. The van der Waals surface area contributed by atoms with Crippen molar-refractivity contribution in [3.8, 4) is 0 Å². The Hall–Kier alpha value is -1.04. The highest BCUT2D eigenvalue weighted by Crippen LogP contribution is 2.13. The molecule has 0 spiro atoms. The lowest BCUT2D eigenvalue weighted by molar-refractivity contribution is 0.606. The average Bonchev–Trinajstić information content (AvgIpc) is 2.29. The third-order valence-corrected chi connectivity index (χ3v) is 2.16. The summed E-state index contributed by atoms with van der Waals surface area (Å²) in [6, 6.07) is 0. The summed E-state index contributed by atoms with van der Waals surface area (Å²) in [6.45, 7) is 4.43. The van der Waals surface area contributed by atoms with E-state index in [1.807, 2.05) is 6.92 Å². The van der Waals surface area contributed by atoms with Crippen molar-refractivity contribution in [2.24, 2.45) is 0 Å². The molecular formula is C7H13N3O2S. The van der Waals surface area contributed by atoms with Gasteiger partial charge in [-0.3, -0.25) is 9.40 Å². The number of hydrogen-bond acceptors (Lipinski definition) is 3. The van der Waals surface area contributed by atoms with Crippen LogP contribution in [0.15, 0.2) is 6.20 Å². The molecule has 1 heterocycles. The van der Waals surface area contributed by atoms with Crippen molar-refractivity contribution >= 4 is 15.7 Å². The molecule has 1 aromatic rings. The molecule has 0 fully saturated rings. The molecule has 1 rings (SSSR count). The Morgan fingerprint density at radius 1 is 1.62 bits per heavy atom. The molecule has 0 aliphatic rings. The second kappa shape index (κ2) is 3.37. The summed E-state index contributed by atoms with van der Waals surface area (Å²) in [4.78, 5) is 0. The predicted octanol–water partition coefficient (Wildman–Crippen LogP) is 0.583. The topological polar surface area (TPSA) is 64.0 Å². The van der Waals surface area contributed by atoms with Crippen LogP contribution in [-0.2, 0) is 16.6 Å². The molecule has 13 heavy (non-hydrogen) atoms. The number of hydrogen-bond donors (Lipinski definition) is 1. The summed E-state index contributed by atoms with van der Waals surface area (Å²) in [5.74, 6) is 0. The maximum atomic E-state index is 10.9. The first-order valence-electron chi connectivity index (χ1n) is 3.94. The third kappa shape index (κ3) is 2.73. The van der Waals surface area contributed by atoms with E-state index in [4.69, 9.17) is 0 Å². The Morgan fingerprint density at radius 2 is 2.23 bits per heavy atom. The van der Waals surface area contributed by atoms with Crippen molar-refractivity contribution in [2.45, 2.75) is 20.4 Å². The van der Waals surface area contributed by atoms with E-state index >= 15 is 0 Å². The lowest BCUT2D eigenvalue weighted by Crippen LogP contribution is -2.09. The predicted molar refractivity (Wildman–Crippen MR) is 51.1 cm³/mol. The van der Waals surface area contributed by atoms with Crippen molar-refractivity contribution in [3.63, 3.8) is 0 Å². The van der Waals surface area contributed by atoms with Gasteiger partial charge < -0.3 is 0 Å². The highest BCUT2D eigenvalue weighted by molar-refractivity contribution is 7.92. The summed E-state index contributed by atoms with van der Waals surface area (Å²) in [5.41, 5.74) is 1.23. The van der Waals surface area contributed by atoms with Crippen LogP contribution in [0.1, 0.15) is 12.6 Å². The van der Waals surface area contributed by atoms with Crippen LogP contribution in [0.4, 0.5) is 5.69 Å². The second-order valence-corrected chi connectivity index (χ2v) is 4.61. The van der Waals surface area contributed by atoms with Crippen molar-refractivity contribution in [3.05, 3.63) is 11.9 Å². The number of sulfonamides is 1. The van der Waals surface area contributed by atoms with E-state index in [0.717, 1.165) is 12.8 Å². The van der Waals surface area contributed by atoms with Crippen LogP contribution in [0, 0.1) is 6.92 Å². The molecule has 0 atom stereocenters. The van der Waals surface area contributed by atoms with Gasteiger partial charge in [0, 0.05) is 12.7 Å². The highest BCUT2D eigenvalue weighted by Gasteiger charge is 2.07. The first kappa shape index (κ1) is 10.0. The molecule has 0 bridgehead atoms. The van der Waals surface area contributed by atoms with E-state index in [0.29, 0.717) is 11.4 Å². The number of aromatic nitrogens is 2. The Bertz CT molecular complexity index is 394. The molecule has 1 N–H and O–H groups in total. The summed E-state index contributed by atoms with van der Waals surface area (Å²) in [7, 11) is -3.20. The standard InChI is InChI=1S/C7H13N3O2S/c1-4-10-5-7(6(2)8-10)9-13(3,11)12/h5,9H,4H2,1-3H3. The fraction of sp³-hybridized carbons (Fsp3) is 0.571. The van der Waals surface area contributed by atoms with Crippen molar-refractivity contribution in [2.75, 3.05) is 11.0 Å².